The Hall–Kier alpha value is -0.790. The zero-order valence-corrected chi connectivity index (χ0v) is 14.0. The van der Waals surface area contributed by atoms with Crippen LogP contribution in [0.25, 0.3) is 0 Å². The van der Waals surface area contributed by atoms with Crippen LogP contribution in [0.4, 0.5) is 0 Å². The van der Waals surface area contributed by atoms with Gasteiger partial charge in [0, 0.05) is 11.6 Å². The molecular weight excluding hydrogens is 334 g/mol. The van der Waals surface area contributed by atoms with Crippen molar-refractivity contribution in [1.29, 1.82) is 0 Å². The Morgan fingerprint density at radius 3 is 2.05 bits per heavy atom. The number of methoxy groups -OCH3 is 2. The molecular formula is C12H18BrNO4S. The summed E-state index contributed by atoms with van der Waals surface area (Å²) in [5.41, 5.74) is -0.579. The van der Waals surface area contributed by atoms with Crippen molar-refractivity contribution in [2.75, 3.05) is 14.2 Å². The van der Waals surface area contributed by atoms with E-state index in [2.05, 4.69) is 20.7 Å². The minimum atomic E-state index is -3.69. The predicted octanol–water partition coefficient (Wildman–Crippen LogP) is 2.54. The summed E-state index contributed by atoms with van der Waals surface area (Å²) in [6.07, 6.45) is 0. The fourth-order valence-corrected chi connectivity index (χ4v) is 3.57. The molecule has 0 atom stereocenters. The molecule has 0 saturated heterocycles. The van der Waals surface area contributed by atoms with Gasteiger partial charge in [-0.3, -0.25) is 0 Å². The largest absolute Gasteiger partial charge is 0.496 e. The Kier molecular flexibility index (Phi) is 4.86. The van der Waals surface area contributed by atoms with Crippen molar-refractivity contribution < 1.29 is 17.9 Å². The molecule has 0 heterocycles. The van der Waals surface area contributed by atoms with E-state index in [1.54, 1.807) is 26.8 Å². The van der Waals surface area contributed by atoms with Crippen LogP contribution in [0, 0.1) is 0 Å². The number of sulfonamides is 1. The van der Waals surface area contributed by atoms with E-state index < -0.39 is 15.6 Å². The molecule has 108 valence electrons. The highest BCUT2D eigenvalue weighted by Crippen LogP contribution is 2.35. The second kappa shape index (κ2) is 5.68. The Balaban J connectivity index is 3.40. The second-order valence-corrected chi connectivity index (χ2v) is 7.50. The lowest BCUT2D eigenvalue weighted by Gasteiger charge is -2.21. The number of hydrogen-bond donors (Lipinski definition) is 1. The zero-order valence-electron chi connectivity index (χ0n) is 11.6. The second-order valence-electron chi connectivity index (χ2n) is 4.99. The molecule has 7 heteroatoms. The number of benzene rings is 1. The first-order chi connectivity index (χ1) is 8.60. The average molecular weight is 352 g/mol. The van der Waals surface area contributed by atoms with Gasteiger partial charge in [-0.25, -0.2) is 13.1 Å². The molecule has 5 nitrogen and oxygen atoms in total. The highest BCUT2D eigenvalue weighted by molar-refractivity contribution is 9.10. The molecule has 0 aliphatic rings. The number of rotatable bonds is 4. The monoisotopic (exact) mass is 351 g/mol. The van der Waals surface area contributed by atoms with Crippen molar-refractivity contribution >= 4 is 26.0 Å². The Morgan fingerprint density at radius 1 is 1.11 bits per heavy atom. The van der Waals surface area contributed by atoms with Crippen LogP contribution in [-0.4, -0.2) is 28.2 Å². The van der Waals surface area contributed by atoms with E-state index in [1.807, 2.05) is 0 Å². The van der Waals surface area contributed by atoms with Crippen molar-refractivity contribution in [2.24, 2.45) is 0 Å². The van der Waals surface area contributed by atoms with Crippen LogP contribution in [-0.2, 0) is 10.0 Å². The summed E-state index contributed by atoms with van der Waals surface area (Å²) in [6.45, 7) is 5.31. The first kappa shape index (κ1) is 16.3. The molecule has 0 unspecified atom stereocenters. The molecule has 0 amide bonds. The van der Waals surface area contributed by atoms with E-state index in [0.717, 1.165) is 0 Å². The summed E-state index contributed by atoms with van der Waals surface area (Å²) in [5.74, 6) is 0.680. The van der Waals surface area contributed by atoms with Crippen LogP contribution in [0.3, 0.4) is 0 Å². The average Bonchev–Trinajstić information content (AvgIpc) is 2.24. The maximum atomic E-state index is 12.3. The van der Waals surface area contributed by atoms with Gasteiger partial charge in [0.15, 0.2) is 0 Å². The summed E-state index contributed by atoms with van der Waals surface area (Å²) in [6, 6.07) is 2.99. The van der Waals surface area contributed by atoms with Crippen LogP contribution >= 0.6 is 15.9 Å². The molecule has 0 radical (unpaired) electrons. The van der Waals surface area contributed by atoms with E-state index in [4.69, 9.17) is 9.47 Å². The number of nitrogens with one attached hydrogen (secondary N) is 1. The minimum absolute atomic E-state index is 0.0463. The van der Waals surface area contributed by atoms with Crippen LogP contribution in [0.5, 0.6) is 11.5 Å². The molecule has 0 aliphatic carbocycles. The third-order valence-electron chi connectivity index (χ3n) is 2.17. The van der Waals surface area contributed by atoms with Crippen molar-refractivity contribution in [3.8, 4) is 11.5 Å². The van der Waals surface area contributed by atoms with Crippen LogP contribution in [0.1, 0.15) is 20.8 Å². The standard InChI is InChI=1S/C12H18BrNO4S/c1-12(2,3)14-19(15,16)11-7-9(17-4)8(13)6-10(11)18-5/h6-7,14H,1-5H3. The lowest BCUT2D eigenvalue weighted by molar-refractivity contribution is 0.389. The molecule has 1 aromatic carbocycles. The van der Waals surface area contributed by atoms with E-state index in [1.165, 1.54) is 20.3 Å². The maximum absolute atomic E-state index is 12.3. The van der Waals surface area contributed by atoms with Gasteiger partial charge in [0.25, 0.3) is 0 Å². The van der Waals surface area contributed by atoms with Crippen molar-refractivity contribution in [2.45, 2.75) is 31.2 Å². The van der Waals surface area contributed by atoms with Crippen LogP contribution < -0.4 is 14.2 Å². The highest BCUT2D eigenvalue weighted by atomic mass is 79.9. The molecule has 1 N–H and O–H groups in total. The van der Waals surface area contributed by atoms with Crippen molar-refractivity contribution in [1.82, 2.24) is 4.72 Å². The van der Waals surface area contributed by atoms with Gasteiger partial charge in [-0.05, 0) is 42.8 Å². The maximum Gasteiger partial charge on any atom is 0.244 e. The lowest BCUT2D eigenvalue weighted by Crippen LogP contribution is -2.40. The molecule has 1 rings (SSSR count). The third-order valence-corrected chi connectivity index (χ3v) is 4.57. The van der Waals surface area contributed by atoms with Gasteiger partial charge in [-0.2, -0.15) is 0 Å². The Morgan fingerprint density at radius 2 is 1.63 bits per heavy atom. The Bertz CT molecular complexity index is 564. The third kappa shape index (κ3) is 4.09. The number of ether oxygens (including phenoxy) is 2. The molecule has 0 saturated carbocycles. The molecule has 1 aromatic rings. The van der Waals surface area contributed by atoms with Gasteiger partial charge < -0.3 is 9.47 Å². The van der Waals surface area contributed by atoms with Crippen molar-refractivity contribution in [3.63, 3.8) is 0 Å². The van der Waals surface area contributed by atoms with Crippen LogP contribution in [0.15, 0.2) is 21.5 Å². The van der Waals surface area contributed by atoms with Gasteiger partial charge in [-0.15, -0.1) is 0 Å². The van der Waals surface area contributed by atoms with Gasteiger partial charge in [0.2, 0.25) is 10.0 Å². The lowest BCUT2D eigenvalue weighted by atomic mass is 10.1. The van der Waals surface area contributed by atoms with E-state index in [-0.39, 0.29) is 10.6 Å². The summed E-state index contributed by atoms with van der Waals surface area (Å²) >= 11 is 3.29. The molecule has 0 aromatic heterocycles. The molecule has 0 bridgehead atoms. The Labute approximate surface area is 122 Å². The summed E-state index contributed by atoms with van der Waals surface area (Å²) < 4.78 is 38.1. The molecule has 0 aliphatic heterocycles. The number of hydrogen-bond acceptors (Lipinski definition) is 4. The van der Waals surface area contributed by atoms with E-state index in [0.29, 0.717) is 10.2 Å². The molecule has 0 spiro atoms. The first-order valence-electron chi connectivity index (χ1n) is 5.56. The quantitative estimate of drug-likeness (QED) is 0.905. The SMILES string of the molecule is COc1cc(S(=O)(=O)NC(C)(C)C)c(OC)cc1Br. The number of halogens is 1. The summed E-state index contributed by atoms with van der Waals surface area (Å²) in [5, 5.41) is 0. The fraction of sp³-hybridized carbons (Fsp3) is 0.500. The van der Waals surface area contributed by atoms with Crippen LogP contribution in [0.2, 0.25) is 0 Å². The van der Waals surface area contributed by atoms with Gasteiger partial charge in [0.1, 0.15) is 16.4 Å². The van der Waals surface area contributed by atoms with E-state index in [9.17, 15) is 8.42 Å². The van der Waals surface area contributed by atoms with Gasteiger partial charge >= 0.3 is 0 Å². The van der Waals surface area contributed by atoms with E-state index >= 15 is 0 Å². The smallest absolute Gasteiger partial charge is 0.244 e. The summed E-state index contributed by atoms with van der Waals surface area (Å²) in [4.78, 5) is 0.0463. The van der Waals surface area contributed by atoms with Gasteiger partial charge in [0.05, 0.1) is 18.7 Å². The minimum Gasteiger partial charge on any atom is -0.496 e. The first-order valence-corrected chi connectivity index (χ1v) is 7.84. The fourth-order valence-electron chi connectivity index (χ4n) is 1.50. The normalized spacial score (nSPS) is 12.3. The summed E-state index contributed by atoms with van der Waals surface area (Å²) in [7, 11) is -0.793. The highest BCUT2D eigenvalue weighted by Gasteiger charge is 2.26. The molecule has 0 fully saturated rings. The molecule has 19 heavy (non-hydrogen) atoms. The predicted molar refractivity (Wildman–Crippen MR) is 77.3 cm³/mol. The van der Waals surface area contributed by atoms with Crippen molar-refractivity contribution in [3.05, 3.63) is 16.6 Å². The zero-order chi connectivity index (χ0) is 14.8. The topological polar surface area (TPSA) is 64.6 Å². The van der Waals surface area contributed by atoms with Gasteiger partial charge in [-0.1, -0.05) is 0 Å².